The maximum atomic E-state index is 12.7. The Labute approximate surface area is 168 Å². The van der Waals surface area contributed by atoms with Crippen LogP contribution in [0.5, 0.6) is 0 Å². The molecular formula is C19H22N2O5S2. The first-order chi connectivity index (χ1) is 13.4. The van der Waals surface area contributed by atoms with Gasteiger partial charge in [-0.05, 0) is 42.5 Å². The van der Waals surface area contributed by atoms with Crippen molar-refractivity contribution in [3.8, 4) is 0 Å². The zero-order chi connectivity index (χ0) is 20.0. The fourth-order valence-corrected chi connectivity index (χ4v) is 5.19. The van der Waals surface area contributed by atoms with Crippen LogP contribution in [0.25, 0.3) is 0 Å². The first-order valence-electron chi connectivity index (χ1n) is 9.03. The van der Waals surface area contributed by atoms with Crippen LogP contribution in [-0.4, -0.2) is 44.3 Å². The van der Waals surface area contributed by atoms with Crippen molar-refractivity contribution in [1.29, 1.82) is 0 Å². The molecule has 1 N–H and O–H groups in total. The van der Waals surface area contributed by atoms with Crippen molar-refractivity contribution in [2.24, 2.45) is 0 Å². The standard InChI is InChI=1S/C19H22N2O5S2/c22-18(14-26-19(23)13-16-7-5-11-27-16)20-15-6-4-8-17(12-15)28(24,25)21-9-2-1-3-10-21/h4-8,11-12H,1-3,9-10,13-14H2,(H,20,22). The molecule has 0 unspecified atom stereocenters. The number of hydrogen-bond donors (Lipinski definition) is 1. The predicted octanol–water partition coefficient (Wildman–Crippen LogP) is 2.65. The van der Waals surface area contributed by atoms with Crippen molar-refractivity contribution in [2.75, 3.05) is 25.0 Å². The monoisotopic (exact) mass is 422 g/mol. The number of nitrogens with zero attached hydrogens (tertiary/aromatic N) is 1. The number of rotatable bonds is 7. The molecule has 0 radical (unpaired) electrons. The topological polar surface area (TPSA) is 92.8 Å². The minimum atomic E-state index is -3.58. The number of carbonyl (C=O) groups is 2. The second-order valence-corrected chi connectivity index (χ2v) is 9.43. The molecule has 1 fully saturated rings. The van der Waals surface area contributed by atoms with Gasteiger partial charge in [0.1, 0.15) is 0 Å². The summed E-state index contributed by atoms with van der Waals surface area (Å²) in [5.41, 5.74) is 0.345. The zero-order valence-corrected chi connectivity index (χ0v) is 16.9. The largest absolute Gasteiger partial charge is 0.455 e. The number of hydrogen-bond acceptors (Lipinski definition) is 6. The Morgan fingerprint density at radius 3 is 2.61 bits per heavy atom. The second kappa shape index (κ2) is 9.31. The van der Waals surface area contributed by atoms with E-state index in [1.54, 1.807) is 12.1 Å². The van der Waals surface area contributed by atoms with Crippen LogP contribution in [0.3, 0.4) is 0 Å². The third-order valence-electron chi connectivity index (χ3n) is 4.33. The first kappa shape index (κ1) is 20.5. The lowest BCUT2D eigenvalue weighted by atomic mass is 10.2. The molecule has 1 aromatic heterocycles. The smallest absolute Gasteiger partial charge is 0.311 e. The van der Waals surface area contributed by atoms with E-state index in [1.807, 2.05) is 17.5 Å². The molecule has 3 rings (SSSR count). The molecule has 0 bridgehead atoms. The Morgan fingerprint density at radius 2 is 1.89 bits per heavy atom. The Kier molecular flexibility index (Phi) is 6.82. The Bertz CT molecular complexity index is 920. The Hall–Kier alpha value is -2.23. The van der Waals surface area contributed by atoms with E-state index in [9.17, 15) is 18.0 Å². The van der Waals surface area contributed by atoms with Crippen LogP contribution < -0.4 is 5.32 Å². The number of anilines is 1. The third kappa shape index (κ3) is 5.40. The number of ether oxygens (including phenoxy) is 1. The van der Waals surface area contributed by atoms with E-state index in [1.165, 1.54) is 27.8 Å². The van der Waals surface area contributed by atoms with E-state index in [-0.39, 0.29) is 11.3 Å². The lowest BCUT2D eigenvalue weighted by Crippen LogP contribution is -2.35. The van der Waals surface area contributed by atoms with E-state index in [0.29, 0.717) is 18.8 Å². The summed E-state index contributed by atoms with van der Waals surface area (Å²) >= 11 is 1.44. The molecule has 1 amide bonds. The summed E-state index contributed by atoms with van der Waals surface area (Å²) in [7, 11) is -3.58. The molecule has 150 valence electrons. The van der Waals surface area contributed by atoms with Gasteiger partial charge < -0.3 is 10.1 Å². The van der Waals surface area contributed by atoms with Gasteiger partial charge >= 0.3 is 5.97 Å². The number of benzene rings is 1. The van der Waals surface area contributed by atoms with Crippen LogP contribution in [-0.2, 0) is 30.8 Å². The van der Waals surface area contributed by atoms with Crippen molar-refractivity contribution in [3.05, 3.63) is 46.7 Å². The molecule has 0 atom stereocenters. The number of nitrogens with one attached hydrogen (secondary N) is 1. The van der Waals surface area contributed by atoms with Crippen LogP contribution in [0, 0.1) is 0 Å². The SMILES string of the molecule is O=C(COC(=O)Cc1cccs1)Nc1cccc(S(=O)(=O)N2CCCCC2)c1. The number of thiophene rings is 1. The van der Waals surface area contributed by atoms with Crippen LogP contribution >= 0.6 is 11.3 Å². The quantitative estimate of drug-likeness (QED) is 0.693. The number of amides is 1. The number of esters is 1. The van der Waals surface area contributed by atoms with Gasteiger partial charge in [-0.2, -0.15) is 4.31 Å². The normalized spacial score (nSPS) is 15.1. The minimum Gasteiger partial charge on any atom is -0.455 e. The van der Waals surface area contributed by atoms with Gasteiger partial charge in [-0.3, -0.25) is 9.59 Å². The highest BCUT2D eigenvalue weighted by Crippen LogP contribution is 2.22. The summed E-state index contributed by atoms with van der Waals surface area (Å²) in [5.74, 6) is -1.01. The van der Waals surface area contributed by atoms with Crippen LogP contribution in [0.2, 0.25) is 0 Å². The molecular weight excluding hydrogens is 400 g/mol. The number of carbonyl (C=O) groups excluding carboxylic acids is 2. The van der Waals surface area contributed by atoms with Gasteiger partial charge in [-0.25, -0.2) is 8.42 Å². The summed E-state index contributed by atoms with van der Waals surface area (Å²) in [5, 5.41) is 4.44. The summed E-state index contributed by atoms with van der Waals surface area (Å²) in [6.07, 6.45) is 2.86. The zero-order valence-electron chi connectivity index (χ0n) is 15.3. The van der Waals surface area contributed by atoms with E-state index >= 15 is 0 Å². The highest BCUT2D eigenvalue weighted by molar-refractivity contribution is 7.89. The van der Waals surface area contributed by atoms with Gasteiger partial charge in [0.15, 0.2) is 6.61 Å². The summed E-state index contributed by atoms with van der Waals surface area (Å²) in [6.45, 7) is 0.603. The van der Waals surface area contributed by atoms with E-state index in [0.717, 1.165) is 24.1 Å². The van der Waals surface area contributed by atoms with E-state index in [4.69, 9.17) is 4.74 Å². The third-order valence-corrected chi connectivity index (χ3v) is 7.10. The second-order valence-electron chi connectivity index (χ2n) is 6.46. The minimum absolute atomic E-state index is 0.120. The van der Waals surface area contributed by atoms with E-state index in [2.05, 4.69) is 5.32 Å². The Morgan fingerprint density at radius 1 is 1.11 bits per heavy atom. The van der Waals surface area contributed by atoms with Gasteiger partial charge in [0.05, 0.1) is 11.3 Å². The van der Waals surface area contributed by atoms with Gasteiger partial charge in [-0.15, -0.1) is 11.3 Å². The molecule has 1 aliphatic heterocycles. The Balaban J connectivity index is 1.56. The van der Waals surface area contributed by atoms with E-state index < -0.39 is 28.5 Å². The van der Waals surface area contributed by atoms with Gasteiger partial charge in [0.25, 0.3) is 5.91 Å². The average Bonchev–Trinajstić information content (AvgIpc) is 3.20. The van der Waals surface area contributed by atoms with Gasteiger partial charge in [-0.1, -0.05) is 18.6 Å². The fourth-order valence-electron chi connectivity index (χ4n) is 2.94. The molecule has 28 heavy (non-hydrogen) atoms. The predicted molar refractivity (Wildman–Crippen MR) is 107 cm³/mol. The van der Waals surface area contributed by atoms with Crippen LogP contribution in [0.1, 0.15) is 24.1 Å². The maximum Gasteiger partial charge on any atom is 0.311 e. The molecule has 1 aromatic carbocycles. The molecule has 1 aliphatic rings. The summed E-state index contributed by atoms with van der Waals surface area (Å²) in [4.78, 5) is 24.8. The molecule has 0 spiro atoms. The van der Waals surface area contributed by atoms with Crippen molar-refractivity contribution in [2.45, 2.75) is 30.6 Å². The van der Waals surface area contributed by atoms with Crippen LogP contribution in [0.4, 0.5) is 5.69 Å². The summed E-state index contributed by atoms with van der Waals surface area (Å²) < 4.78 is 31.9. The van der Waals surface area contributed by atoms with Crippen molar-refractivity contribution in [1.82, 2.24) is 4.31 Å². The fraction of sp³-hybridized carbons (Fsp3) is 0.368. The molecule has 0 saturated carbocycles. The lowest BCUT2D eigenvalue weighted by molar-refractivity contribution is -0.146. The molecule has 7 nitrogen and oxygen atoms in total. The average molecular weight is 423 g/mol. The molecule has 1 saturated heterocycles. The van der Waals surface area contributed by atoms with Gasteiger partial charge in [0.2, 0.25) is 10.0 Å². The first-order valence-corrected chi connectivity index (χ1v) is 11.4. The summed E-state index contributed by atoms with van der Waals surface area (Å²) in [6, 6.07) is 9.77. The molecule has 0 aliphatic carbocycles. The molecule has 9 heteroatoms. The van der Waals surface area contributed by atoms with Crippen molar-refractivity contribution in [3.63, 3.8) is 0 Å². The molecule has 2 aromatic rings. The van der Waals surface area contributed by atoms with Crippen molar-refractivity contribution < 1.29 is 22.7 Å². The van der Waals surface area contributed by atoms with Gasteiger partial charge in [0, 0.05) is 23.7 Å². The maximum absolute atomic E-state index is 12.7. The molecule has 2 heterocycles. The lowest BCUT2D eigenvalue weighted by Gasteiger charge is -2.26. The highest BCUT2D eigenvalue weighted by Gasteiger charge is 2.26. The highest BCUT2D eigenvalue weighted by atomic mass is 32.2. The van der Waals surface area contributed by atoms with Crippen LogP contribution in [0.15, 0.2) is 46.7 Å². The van der Waals surface area contributed by atoms with Crippen molar-refractivity contribution >= 4 is 38.9 Å². The number of piperidine rings is 1. The number of sulfonamides is 1.